The minimum atomic E-state index is -0.676. The Bertz CT molecular complexity index is 668. The number of rotatable bonds is 4. The second-order valence-corrected chi connectivity index (χ2v) is 5.37. The first-order valence-corrected chi connectivity index (χ1v) is 6.93. The maximum atomic E-state index is 11.5. The summed E-state index contributed by atoms with van der Waals surface area (Å²) in [4.78, 5) is 19.2. The third-order valence-electron chi connectivity index (χ3n) is 2.72. The highest BCUT2D eigenvalue weighted by molar-refractivity contribution is 7.99. The van der Waals surface area contributed by atoms with E-state index in [1.54, 1.807) is 27.0 Å². The average molecular weight is 292 g/mol. The van der Waals surface area contributed by atoms with Crippen LogP contribution in [0.1, 0.15) is 24.3 Å². The molecular formula is C14H16N2O3S. The number of hydrogen-bond acceptors (Lipinski definition) is 5. The van der Waals surface area contributed by atoms with Gasteiger partial charge in [0, 0.05) is 22.2 Å². The summed E-state index contributed by atoms with van der Waals surface area (Å²) in [5, 5.41) is 10.4. The summed E-state index contributed by atoms with van der Waals surface area (Å²) >= 11 is 1.29. The molecule has 0 amide bonds. The van der Waals surface area contributed by atoms with Crippen LogP contribution in [0, 0.1) is 6.92 Å². The van der Waals surface area contributed by atoms with Crippen LogP contribution in [0.15, 0.2) is 39.1 Å². The highest BCUT2D eigenvalue weighted by Crippen LogP contribution is 2.36. The van der Waals surface area contributed by atoms with E-state index in [9.17, 15) is 9.90 Å². The van der Waals surface area contributed by atoms with E-state index in [-0.39, 0.29) is 5.56 Å². The van der Waals surface area contributed by atoms with Gasteiger partial charge in [0.25, 0.3) is 5.56 Å². The zero-order chi connectivity index (χ0) is 14.7. The number of aliphatic hydroxyl groups excluding tert-OH is 1. The van der Waals surface area contributed by atoms with Gasteiger partial charge >= 0.3 is 0 Å². The van der Waals surface area contributed by atoms with Crippen LogP contribution < -0.4 is 10.3 Å². The summed E-state index contributed by atoms with van der Waals surface area (Å²) in [6.45, 7) is 3.44. The Morgan fingerprint density at radius 2 is 2.20 bits per heavy atom. The van der Waals surface area contributed by atoms with Gasteiger partial charge in [0.05, 0.1) is 13.2 Å². The lowest BCUT2D eigenvalue weighted by molar-refractivity contribution is 0.191. The third kappa shape index (κ3) is 3.20. The van der Waals surface area contributed by atoms with Crippen molar-refractivity contribution in [1.82, 2.24) is 9.97 Å². The van der Waals surface area contributed by atoms with Gasteiger partial charge in [0.1, 0.15) is 5.75 Å². The molecule has 0 spiro atoms. The number of ether oxygens (including phenoxy) is 1. The van der Waals surface area contributed by atoms with Gasteiger partial charge < -0.3 is 14.8 Å². The molecule has 1 aromatic heterocycles. The van der Waals surface area contributed by atoms with Crippen molar-refractivity contribution in [2.45, 2.75) is 30.0 Å². The van der Waals surface area contributed by atoms with E-state index in [1.165, 1.54) is 17.8 Å². The van der Waals surface area contributed by atoms with Crippen LogP contribution in [0.2, 0.25) is 0 Å². The average Bonchev–Trinajstić information content (AvgIpc) is 2.36. The molecule has 0 saturated heterocycles. The van der Waals surface area contributed by atoms with Gasteiger partial charge in [-0.1, -0.05) is 17.8 Å². The molecule has 1 atom stereocenters. The highest BCUT2D eigenvalue weighted by atomic mass is 32.2. The number of aromatic amines is 1. The second-order valence-electron chi connectivity index (χ2n) is 4.34. The molecule has 1 heterocycles. The fourth-order valence-corrected chi connectivity index (χ4v) is 2.98. The van der Waals surface area contributed by atoms with Crippen LogP contribution in [0.3, 0.4) is 0 Å². The molecule has 0 saturated carbocycles. The first-order valence-electron chi connectivity index (χ1n) is 6.12. The Morgan fingerprint density at radius 3 is 2.80 bits per heavy atom. The first kappa shape index (κ1) is 14.6. The normalized spacial score (nSPS) is 12.2. The molecule has 5 nitrogen and oxygen atoms in total. The van der Waals surface area contributed by atoms with Gasteiger partial charge in [-0.25, -0.2) is 4.98 Å². The number of benzene rings is 1. The molecule has 2 aromatic rings. The molecule has 0 radical (unpaired) electrons. The first-order chi connectivity index (χ1) is 9.51. The predicted octanol–water partition coefficient (Wildman–Crippen LogP) is 2.29. The minimum absolute atomic E-state index is 0.193. The van der Waals surface area contributed by atoms with Crippen molar-refractivity contribution in [2.75, 3.05) is 7.11 Å². The van der Waals surface area contributed by atoms with Gasteiger partial charge in [-0.05, 0) is 26.0 Å². The number of nitrogens with one attached hydrogen (secondary N) is 1. The molecule has 0 bridgehead atoms. The topological polar surface area (TPSA) is 75.2 Å². The zero-order valence-corrected chi connectivity index (χ0v) is 12.3. The molecule has 0 aliphatic carbocycles. The van der Waals surface area contributed by atoms with E-state index in [1.807, 2.05) is 12.1 Å². The third-order valence-corrected chi connectivity index (χ3v) is 3.68. The predicted molar refractivity (Wildman–Crippen MR) is 77.3 cm³/mol. The van der Waals surface area contributed by atoms with Gasteiger partial charge in [0.2, 0.25) is 0 Å². The summed E-state index contributed by atoms with van der Waals surface area (Å²) in [7, 11) is 1.56. The molecule has 106 valence electrons. The molecular weight excluding hydrogens is 276 g/mol. The largest absolute Gasteiger partial charge is 0.496 e. The summed E-state index contributed by atoms with van der Waals surface area (Å²) in [6, 6.07) is 6.92. The van der Waals surface area contributed by atoms with Gasteiger partial charge in [-0.2, -0.15) is 0 Å². The quantitative estimate of drug-likeness (QED) is 0.846. The van der Waals surface area contributed by atoms with Gasteiger partial charge in [-0.15, -0.1) is 0 Å². The molecule has 0 fully saturated rings. The van der Waals surface area contributed by atoms with Crippen molar-refractivity contribution in [3.63, 3.8) is 0 Å². The summed E-state index contributed by atoms with van der Waals surface area (Å²) in [5.41, 5.74) is 1.14. The van der Waals surface area contributed by atoms with Crippen molar-refractivity contribution in [3.8, 4) is 5.75 Å². The van der Waals surface area contributed by atoms with Gasteiger partial charge in [-0.3, -0.25) is 4.79 Å². The summed E-state index contributed by atoms with van der Waals surface area (Å²) in [5.74, 6) is 0.611. The van der Waals surface area contributed by atoms with Crippen LogP contribution >= 0.6 is 11.8 Å². The van der Waals surface area contributed by atoms with Crippen molar-refractivity contribution < 1.29 is 9.84 Å². The minimum Gasteiger partial charge on any atom is -0.496 e. The van der Waals surface area contributed by atoms with Crippen molar-refractivity contribution in [2.24, 2.45) is 0 Å². The standard InChI is InChI=1S/C14H16N2O3S/c1-8-7-12(18)16-14(15-8)20-11-6-4-5-10(19-3)13(11)9(2)17/h4-7,9,17H,1-3H3,(H,15,16,18)/t9-/m0/s1. The second kappa shape index (κ2) is 6.11. The van der Waals surface area contributed by atoms with E-state index < -0.39 is 6.10 Å². The highest BCUT2D eigenvalue weighted by Gasteiger charge is 2.15. The van der Waals surface area contributed by atoms with E-state index in [0.717, 1.165) is 4.90 Å². The maximum absolute atomic E-state index is 11.5. The molecule has 6 heteroatoms. The monoisotopic (exact) mass is 292 g/mol. The van der Waals surface area contributed by atoms with Crippen LogP contribution in [-0.4, -0.2) is 22.2 Å². The molecule has 0 unspecified atom stereocenters. The lowest BCUT2D eigenvalue weighted by Gasteiger charge is -2.15. The number of H-pyrrole nitrogens is 1. The molecule has 1 aromatic carbocycles. The zero-order valence-electron chi connectivity index (χ0n) is 11.5. The summed E-state index contributed by atoms with van der Waals surface area (Å²) < 4.78 is 5.27. The molecule has 2 N–H and O–H groups in total. The Labute approximate surface area is 121 Å². The van der Waals surface area contributed by atoms with Crippen LogP contribution in [-0.2, 0) is 0 Å². The van der Waals surface area contributed by atoms with Crippen molar-refractivity contribution in [1.29, 1.82) is 0 Å². The van der Waals surface area contributed by atoms with Gasteiger partial charge in [0.15, 0.2) is 5.16 Å². The van der Waals surface area contributed by atoms with E-state index in [0.29, 0.717) is 22.2 Å². The number of methoxy groups -OCH3 is 1. The SMILES string of the molecule is COc1cccc(Sc2nc(C)cc(=O)[nH]2)c1[C@H](C)O. The lowest BCUT2D eigenvalue weighted by Crippen LogP contribution is -2.08. The number of aliphatic hydroxyl groups is 1. The fraction of sp³-hybridized carbons (Fsp3) is 0.286. The van der Waals surface area contributed by atoms with Crippen LogP contribution in [0.5, 0.6) is 5.75 Å². The number of aromatic nitrogens is 2. The maximum Gasteiger partial charge on any atom is 0.251 e. The number of aryl methyl sites for hydroxylation is 1. The summed E-state index contributed by atoms with van der Waals surface area (Å²) in [6.07, 6.45) is -0.676. The van der Waals surface area contributed by atoms with E-state index in [2.05, 4.69) is 9.97 Å². The van der Waals surface area contributed by atoms with Crippen LogP contribution in [0.4, 0.5) is 0 Å². The fourth-order valence-electron chi connectivity index (χ4n) is 1.91. The smallest absolute Gasteiger partial charge is 0.251 e. The molecule has 0 aliphatic heterocycles. The molecule has 0 aliphatic rings. The van der Waals surface area contributed by atoms with E-state index in [4.69, 9.17) is 4.74 Å². The number of nitrogens with zero attached hydrogens (tertiary/aromatic N) is 1. The Hall–Kier alpha value is -1.79. The van der Waals surface area contributed by atoms with Crippen molar-refractivity contribution in [3.05, 3.63) is 45.9 Å². The molecule has 20 heavy (non-hydrogen) atoms. The van der Waals surface area contributed by atoms with Crippen LogP contribution in [0.25, 0.3) is 0 Å². The lowest BCUT2D eigenvalue weighted by atomic mass is 10.1. The Balaban J connectivity index is 2.45. The van der Waals surface area contributed by atoms with Crippen molar-refractivity contribution >= 4 is 11.8 Å². The number of hydrogen-bond donors (Lipinski definition) is 2. The Kier molecular flexibility index (Phi) is 4.46. The Morgan fingerprint density at radius 1 is 1.45 bits per heavy atom. The van der Waals surface area contributed by atoms with E-state index >= 15 is 0 Å². The molecule has 2 rings (SSSR count).